The lowest BCUT2D eigenvalue weighted by molar-refractivity contribution is -0.383. The van der Waals surface area contributed by atoms with Crippen LogP contribution >= 0.6 is 15.9 Å². The molecule has 0 aromatic heterocycles. The number of rotatable bonds is 7. The lowest BCUT2D eigenvalue weighted by Gasteiger charge is -2.19. The zero-order valence-electron chi connectivity index (χ0n) is 15.8. The summed E-state index contributed by atoms with van der Waals surface area (Å²) in [7, 11) is 0. The average molecular weight is 452 g/mol. The van der Waals surface area contributed by atoms with Crippen molar-refractivity contribution in [3.8, 4) is 5.75 Å². The van der Waals surface area contributed by atoms with Crippen LogP contribution < -0.4 is 15.4 Å². The number of nitrogens with one attached hydrogen (secondary N) is 2. The normalized spacial score (nSPS) is 10.9. The highest BCUT2D eigenvalue weighted by molar-refractivity contribution is 9.10. The maximum atomic E-state index is 11.6. The summed E-state index contributed by atoms with van der Waals surface area (Å²) in [6.07, 6.45) is -0.506. The van der Waals surface area contributed by atoms with E-state index >= 15 is 0 Å². The van der Waals surface area contributed by atoms with Gasteiger partial charge in [-0.25, -0.2) is 4.79 Å². The van der Waals surface area contributed by atoms with Gasteiger partial charge in [0.15, 0.2) is 0 Å². The van der Waals surface area contributed by atoms with Crippen molar-refractivity contribution in [2.75, 3.05) is 18.5 Å². The van der Waals surface area contributed by atoms with Gasteiger partial charge in [0.05, 0.1) is 11.5 Å². The summed E-state index contributed by atoms with van der Waals surface area (Å²) in [4.78, 5) is 22.3. The molecule has 0 heterocycles. The number of carbonyl (C=O) groups is 1. The van der Waals surface area contributed by atoms with Gasteiger partial charge in [0.1, 0.15) is 23.6 Å². The van der Waals surface area contributed by atoms with Gasteiger partial charge < -0.3 is 20.1 Å². The second kappa shape index (κ2) is 9.41. The minimum Gasteiger partial charge on any atom is -0.492 e. The van der Waals surface area contributed by atoms with Gasteiger partial charge >= 0.3 is 6.09 Å². The zero-order chi connectivity index (χ0) is 20.7. The van der Waals surface area contributed by atoms with E-state index in [0.29, 0.717) is 17.1 Å². The van der Waals surface area contributed by atoms with Gasteiger partial charge in [-0.1, -0.05) is 22.0 Å². The molecule has 2 aromatic rings. The summed E-state index contributed by atoms with van der Waals surface area (Å²) in [5.41, 5.74) is 0.415. The summed E-state index contributed by atoms with van der Waals surface area (Å²) >= 11 is 3.31. The molecule has 150 valence electrons. The molecule has 0 spiro atoms. The second-order valence-corrected chi connectivity index (χ2v) is 7.76. The first-order chi connectivity index (χ1) is 13.1. The lowest BCUT2D eigenvalue weighted by atomic mass is 10.2. The van der Waals surface area contributed by atoms with Gasteiger partial charge in [-0.05, 0) is 45.0 Å². The van der Waals surface area contributed by atoms with E-state index in [1.807, 2.05) is 0 Å². The fourth-order valence-corrected chi connectivity index (χ4v) is 2.58. The van der Waals surface area contributed by atoms with Crippen LogP contribution in [0.3, 0.4) is 0 Å². The monoisotopic (exact) mass is 451 g/mol. The van der Waals surface area contributed by atoms with Crippen LogP contribution in [0.1, 0.15) is 20.8 Å². The SMILES string of the molecule is CC(C)(C)OC(=O)NCCOc1cccc(Nc2cc(Br)ccc2[N+](=O)[O-])c1. The van der Waals surface area contributed by atoms with Crippen molar-refractivity contribution in [3.05, 3.63) is 57.1 Å². The number of alkyl carbamates (subject to hydrolysis) is 1. The summed E-state index contributed by atoms with van der Waals surface area (Å²) in [6, 6.07) is 11.7. The van der Waals surface area contributed by atoms with Crippen LogP contribution in [-0.4, -0.2) is 29.8 Å². The molecule has 0 radical (unpaired) electrons. The summed E-state index contributed by atoms with van der Waals surface area (Å²) in [6.45, 7) is 5.90. The quantitative estimate of drug-likeness (QED) is 0.348. The molecule has 0 aliphatic carbocycles. The number of nitrogens with zero attached hydrogens (tertiary/aromatic N) is 1. The van der Waals surface area contributed by atoms with Crippen LogP contribution in [0.25, 0.3) is 0 Å². The van der Waals surface area contributed by atoms with Crippen molar-refractivity contribution in [2.24, 2.45) is 0 Å². The van der Waals surface area contributed by atoms with Crippen LogP contribution in [0.2, 0.25) is 0 Å². The van der Waals surface area contributed by atoms with Gasteiger partial charge in [0.25, 0.3) is 5.69 Å². The topological polar surface area (TPSA) is 103 Å². The molecule has 0 saturated carbocycles. The third kappa shape index (κ3) is 7.07. The van der Waals surface area contributed by atoms with Gasteiger partial charge in [-0.3, -0.25) is 10.1 Å². The van der Waals surface area contributed by atoms with E-state index in [2.05, 4.69) is 26.6 Å². The Bertz CT molecular complexity index is 852. The second-order valence-electron chi connectivity index (χ2n) is 6.85. The third-order valence-corrected chi connectivity index (χ3v) is 3.80. The molecule has 9 heteroatoms. The first kappa shape index (κ1) is 21.5. The number of amides is 1. The standard InChI is InChI=1S/C19H22BrN3O5/c1-19(2,3)28-18(24)21-9-10-27-15-6-4-5-14(12-15)22-16-11-13(20)7-8-17(16)23(25)26/h4-8,11-12,22H,9-10H2,1-3H3,(H,21,24). The highest BCUT2D eigenvalue weighted by Crippen LogP contribution is 2.31. The van der Waals surface area contributed by atoms with Crippen LogP contribution in [0.5, 0.6) is 5.75 Å². The predicted octanol–water partition coefficient (Wildman–Crippen LogP) is 5.00. The smallest absolute Gasteiger partial charge is 0.407 e. The lowest BCUT2D eigenvalue weighted by Crippen LogP contribution is -2.34. The van der Waals surface area contributed by atoms with E-state index in [9.17, 15) is 14.9 Å². The Morgan fingerprint density at radius 3 is 2.64 bits per heavy atom. The maximum absolute atomic E-state index is 11.6. The molecular weight excluding hydrogens is 430 g/mol. The van der Waals surface area contributed by atoms with Crippen molar-refractivity contribution in [1.82, 2.24) is 5.32 Å². The van der Waals surface area contributed by atoms with E-state index < -0.39 is 16.6 Å². The fourth-order valence-electron chi connectivity index (χ4n) is 2.22. The van der Waals surface area contributed by atoms with Gasteiger partial charge in [0.2, 0.25) is 0 Å². The fraction of sp³-hybridized carbons (Fsp3) is 0.316. The molecule has 2 rings (SSSR count). The number of nitro benzene ring substituents is 1. The molecule has 0 aliphatic heterocycles. The largest absolute Gasteiger partial charge is 0.492 e. The average Bonchev–Trinajstić information content (AvgIpc) is 2.57. The first-order valence-corrected chi connectivity index (χ1v) is 9.34. The molecule has 0 atom stereocenters. The first-order valence-electron chi connectivity index (χ1n) is 8.55. The number of anilines is 2. The van der Waals surface area contributed by atoms with Crippen molar-refractivity contribution in [3.63, 3.8) is 0 Å². The van der Waals surface area contributed by atoms with Gasteiger partial charge in [0, 0.05) is 22.3 Å². The number of hydrogen-bond acceptors (Lipinski definition) is 6. The van der Waals surface area contributed by atoms with Crippen molar-refractivity contribution < 1.29 is 19.2 Å². The number of benzene rings is 2. The van der Waals surface area contributed by atoms with Crippen LogP contribution in [0, 0.1) is 10.1 Å². The minimum atomic E-state index is -0.556. The molecule has 0 saturated heterocycles. The number of nitro groups is 1. The Kier molecular flexibility index (Phi) is 7.22. The molecular formula is C19H22BrN3O5. The maximum Gasteiger partial charge on any atom is 0.407 e. The minimum absolute atomic E-state index is 0.0314. The predicted molar refractivity (Wildman–Crippen MR) is 110 cm³/mol. The summed E-state index contributed by atoms with van der Waals surface area (Å²) in [5.74, 6) is 0.564. The highest BCUT2D eigenvalue weighted by Gasteiger charge is 2.16. The van der Waals surface area contributed by atoms with Crippen molar-refractivity contribution in [2.45, 2.75) is 26.4 Å². The van der Waals surface area contributed by atoms with Crippen LogP contribution in [0.15, 0.2) is 46.9 Å². The molecule has 28 heavy (non-hydrogen) atoms. The van der Waals surface area contributed by atoms with Crippen molar-refractivity contribution >= 4 is 39.1 Å². The van der Waals surface area contributed by atoms with Crippen LogP contribution in [0.4, 0.5) is 21.9 Å². The molecule has 0 unspecified atom stereocenters. The van der Waals surface area contributed by atoms with Gasteiger partial charge in [-0.15, -0.1) is 0 Å². The Labute approximate surface area is 171 Å². The van der Waals surface area contributed by atoms with E-state index in [1.165, 1.54) is 6.07 Å². The number of carbonyl (C=O) groups excluding carboxylic acids is 1. The molecule has 0 fully saturated rings. The van der Waals surface area contributed by atoms with Crippen molar-refractivity contribution in [1.29, 1.82) is 0 Å². The molecule has 0 bridgehead atoms. The molecule has 8 nitrogen and oxygen atoms in total. The van der Waals surface area contributed by atoms with E-state index in [4.69, 9.17) is 9.47 Å². The number of halogens is 1. The Morgan fingerprint density at radius 2 is 1.96 bits per heavy atom. The van der Waals surface area contributed by atoms with E-state index in [1.54, 1.807) is 57.2 Å². The zero-order valence-corrected chi connectivity index (χ0v) is 17.4. The highest BCUT2D eigenvalue weighted by atomic mass is 79.9. The molecule has 1 amide bonds. The third-order valence-electron chi connectivity index (χ3n) is 3.31. The number of ether oxygens (including phenoxy) is 2. The van der Waals surface area contributed by atoms with Gasteiger partial charge in [-0.2, -0.15) is 0 Å². The molecule has 0 aliphatic rings. The summed E-state index contributed by atoms with van der Waals surface area (Å²) in [5, 5.41) is 16.8. The Morgan fingerprint density at radius 1 is 1.21 bits per heavy atom. The Hall–Kier alpha value is -2.81. The van der Waals surface area contributed by atoms with E-state index in [-0.39, 0.29) is 18.8 Å². The molecule has 2 N–H and O–H groups in total. The van der Waals surface area contributed by atoms with Crippen LogP contribution in [-0.2, 0) is 4.74 Å². The molecule has 2 aromatic carbocycles. The van der Waals surface area contributed by atoms with E-state index in [0.717, 1.165) is 4.47 Å². The summed E-state index contributed by atoms with van der Waals surface area (Å²) < 4.78 is 11.5. The Balaban J connectivity index is 1.93. The number of hydrogen-bond donors (Lipinski definition) is 2.